The molecule has 1 N–H and O–H groups in total. The first-order valence-corrected chi connectivity index (χ1v) is 6.32. The van der Waals surface area contributed by atoms with Crippen LogP contribution in [0.15, 0.2) is 12.1 Å². The van der Waals surface area contributed by atoms with E-state index in [-0.39, 0.29) is 6.23 Å². The van der Waals surface area contributed by atoms with Crippen molar-refractivity contribution in [3.05, 3.63) is 21.5 Å². The summed E-state index contributed by atoms with van der Waals surface area (Å²) in [7, 11) is 0. The van der Waals surface area contributed by atoms with E-state index in [0.29, 0.717) is 5.69 Å². The summed E-state index contributed by atoms with van der Waals surface area (Å²) in [5.41, 5.74) is 1.38. The molecule has 2 heterocycles. The summed E-state index contributed by atoms with van der Waals surface area (Å²) in [5, 5.41) is 12.0. The van der Waals surface area contributed by atoms with Crippen molar-refractivity contribution in [3.63, 3.8) is 0 Å². The standard InChI is InChI=1S/C11H12IN3O/c12-11-9(5-4-8(7-13)14-11)15-10-3-1-2-6-16-10/h4-5,10,15H,1-3,6H2. The minimum absolute atomic E-state index is 0.0806. The summed E-state index contributed by atoms with van der Waals surface area (Å²) in [5.74, 6) is 0. The fraction of sp³-hybridized carbons (Fsp3) is 0.455. The highest BCUT2D eigenvalue weighted by atomic mass is 127. The maximum atomic E-state index is 8.71. The Hall–Kier alpha value is -0.870. The summed E-state index contributed by atoms with van der Waals surface area (Å²) in [6, 6.07) is 5.62. The second-order valence-corrected chi connectivity index (χ2v) is 4.67. The van der Waals surface area contributed by atoms with Gasteiger partial charge in [-0.25, -0.2) is 4.98 Å². The third kappa shape index (κ3) is 2.83. The van der Waals surface area contributed by atoms with Crippen LogP contribution in [0.1, 0.15) is 25.0 Å². The van der Waals surface area contributed by atoms with E-state index in [2.05, 4.69) is 32.9 Å². The predicted octanol–water partition coefficient (Wildman–Crippen LogP) is 2.50. The monoisotopic (exact) mass is 329 g/mol. The van der Waals surface area contributed by atoms with Crippen LogP contribution in [0.3, 0.4) is 0 Å². The molecule has 16 heavy (non-hydrogen) atoms. The molecular formula is C11H12IN3O. The number of pyridine rings is 1. The fourth-order valence-electron chi connectivity index (χ4n) is 1.63. The number of aromatic nitrogens is 1. The van der Waals surface area contributed by atoms with Gasteiger partial charge in [-0.05, 0) is 54.0 Å². The molecule has 1 atom stereocenters. The minimum Gasteiger partial charge on any atom is -0.359 e. The number of hydrogen-bond acceptors (Lipinski definition) is 4. The van der Waals surface area contributed by atoms with Crippen LogP contribution in [0.4, 0.5) is 5.69 Å². The van der Waals surface area contributed by atoms with E-state index in [0.717, 1.165) is 28.8 Å². The zero-order valence-electron chi connectivity index (χ0n) is 8.74. The quantitative estimate of drug-likeness (QED) is 0.669. The van der Waals surface area contributed by atoms with Crippen molar-refractivity contribution in [2.24, 2.45) is 0 Å². The van der Waals surface area contributed by atoms with Gasteiger partial charge in [0.15, 0.2) is 0 Å². The lowest BCUT2D eigenvalue weighted by molar-refractivity contribution is 0.0343. The van der Waals surface area contributed by atoms with Gasteiger partial charge < -0.3 is 10.1 Å². The highest BCUT2D eigenvalue weighted by Gasteiger charge is 2.14. The lowest BCUT2D eigenvalue weighted by Gasteiger charge is -2.24. The first-order valence-electron chi connectivity index (χ1n) is 5.24. The zero-order chi connectivity index (χ0) is 11.4. The van der Waals surface area contributed by atoms with Crippen LogP contribution in [0.5, 0.6) is 0 Å². The number of nitriles is 1. The van der Waals surface area contributed by atoms with Crippen molar-refractivity contribution in [2.75, 3.05) is 11.9 Å². The van der Waals surface area contributed by atoms with Crippen LogP contribution >= 0.6 is 22.6 Å². The van der Waals surface area contributed by atoms with Crippen LogP contribution in [-0.2, 0) is 4.74 Å². The third-order valence-corrected chi connectivity index (χ3v) is 3.28. The molecule has 84 valence electrons. The third-order valence-electron chi connectivity index (χ3n) is 2.46. The number of anilines is 1. The van der Waals surface area contributed by atoms with E-state index < -0.39 is 0 Å². The van der Waals surface area contributed by atoms with Crippen molar-refractivity contribution in [2.45, 2.75) is 25.5 Å². The highest BCUT2D eigenvalue weighted by Crippen LogP contribution is 2.20. The van der Waals surface area contributed by atoms with Gasteiger partial charge in [0.25, 0.3) is 0 Å². The van der Waals surface area contributed by atoms with E-state index >= 15 is 0 Å². The van der Waals surface area contributed by atoms with Gasteiger partial charge in [0, 0.05) is 6.61 Å². The van der Waals surface area contributed by atoms with Crippen LogP contribution in [-0.4, -0.2) is 17.8 Å². The number of nitrogens with one attached hydrogen (secondary N) is 1. The van der Waals surface area contributed by atoms with Gasteiger partial charge in [0.1, 0.15) is 21.7 Å². The molecule has 0 amide bonds. The van der Waals surface area contributed by atoms with Crippen molar-refractivity contribution in [1.29, 1.82) is 5.26 Å². The van der Waals surface area contributed by atoms with Gasteiger partial charge in [-0.15, -0.1) is 0 Å². The minimum atomic E-state index is 0.0806. The molecule has 0 bridgehead atoms. The Kier molecular flexibility index (Phi) is 3.96. The number of hydrogen-bond donors (Lipinski definition) is 1. The highest BCUT2D eigenvalue weighted by molar-refractivity contribution is 14.1. The molecule has 1 fully saturated rings. The smallest absolute Gasteiger partial charge is 0.141 e. The van der Waals surface area contributed by atoms with Gasteiger partial charge >= 0.3 is 0 Å². The Bertz CT molecular complexity index is 410. The maximum absolute atomic E-state index is 8.71. The lowest BCUT2D eigenvalue weighted by atomic mass is 10.2. The second kappa shape index (κ2) is 5.46. The van der Waals surface area contributed by atoms with Gasteiger partial charge in [0.2, 0.25) is 0 Å². The number of nitrogens with zero attached hydrogens (tertiary/aromatic N) is 2. The summed E-state index contributed by atoms with van der Waals surface area (Å²) in [6.45, 7) is 0.817. The normalized spacial score (nSPS) is 20.1. The first kappa shape index (κ1) is 11.6. The number of halogens is 1. The molecule has 1 aliphatic rings. The number of rotatable bonds is 2. The summed E-state index contributed by atoms with van der Waals surface area (Å²) < 4.78 is 6.40. The van der Waals surface area contributed by atoms with Crippen LogP contribution < -0.4 is 5.32 Å². The largest absolute Gasteiger partial charge is 0.359 e. The zero-order valence-corrected chi connectivity index (χ0v) is 10.9. The van der Waals surface area contributed by atoms with Gasteiger partial charge in [0.05, 0.1) is 5.69 Å². The molecule has 0 aliphatic carbocycles. The van der Waals surface area contributed by atoms with Crippen molar-refractivity contribution in [3.8, 4) is 6.07 Å². The molecule has 1 aliphatic heterocycles. The summed E-state index contributed by atoms with van der Waals surface area (Å²) in [4.78, 5) is 4.16. The Morgan fingerprint density at radius 3 is 3.00 bits per heavy atom. The molecule has 4 nitrogen and oxygen atoms in total. The van der Waals surface area contributed by atoms with Gasteiger partial charge in [-0.3, -0.25) is 0 Å². The average Bonchev–Trinajstić information content (AvgIpc) is 2.33. The Balaban J connectivity index is 2.06. The molecule has 0 aromatic carbocycles. The first-order chi connectivity index (χ1) is 7.79. The average molecular weight is 329 g/mol. The molecular weight excluding hydrogens is 317 g/mol. The van der Waals surface area contributed by atoms with Crippen molar-refractivity contribution < 1.29 is 4.74 Å². The summed E-state index contributed by atoms with van der Waals surface area (Å²) in [6.07, 6.45) is 3.44. The lowest BCUT2D eigenvalue weighted by Crippen LogP contribution is -2.27. The van der Waals surface area contributed by atoms with E-state index in [1.165, 1.54) is 6.42 Å². The Labute approximate surface area is 108 Å². The summed E-state index contributed by atoms with van der Waals surface area (Å²) >= 11 is 2.13. The van der Waals surface area contributed by atoms with Crippen molar-refractivity contribution >= 4 is 28.3 Å². The Morgan fingerprint density at radius 2 is 2.38 bits per heavy atom. The van der Waals surface area contributed by atoms with Crippen LogP contribution in [0, 0.1) is 15.0 Å². The molecule has 5 heteroatoms. The van der Waals surface area contributed by atoms with E-state index in [4.69, 9.17) is 10.00 Å². The molecule has 0 radical (unpaired) electrons. The maximum Gasteiger partial charge on any atom is 0.141 e. The molecule has 1 aromatic rings. The van der Waals surface area contributed by atoms with E-state index in [9.17, 15) is 0 Å². The van der Waals surface area contributed by atoms with Gasteiger partial charge in [-0.2, -0.15) is 5.26 Å². The van der Waals surface area contributed by atoms with Crippen LogP contribution in [0.2, 0.25) is 0 Å². The van der Waals surface area contributed by atoms with Gasteiger partial charge in [-0.1, -0.05) is 0 Å². The molecule has 1 aromatic heterocycles. The van der Waals surface area contributed by atoms with E-state index in [1.807, 2.05) is 12.1 Å². The van der Waals surface area contributed by atoms with E-state index in [1.54, 1.807) is 6.07 Å². The molecule has 2 rings (SSSR count). The fourth-order valence-corrected chi connectivity index (χ4v) is 2.23. The molecule has 0 saturated carbocycles. The SMILES string of the molecule is N#Cc1ccc(NC2CCCCO2)c(I)n1. The molecule has 1 unspecified atom stereocenters. The van der Waals surface area contributed by atoms with Crippen molar-refractivity contribution in [1.82, 2.24) is 4.98 Å². The predicted molar refractivity (Wildman–Crippen MR) is 68.9 cm³/mol. The number of ether oxygens (including phenoxy) is 1. The second-order valence-electron chi connectivity index (χ2n) is 3.65. The molecule has 0 spiro atoms. The van der Waals surface area contributed by atoms with Crippen LogP contribution in [0.25, 0.3) is 0 Å². The topological polar surface area (TPSA) is 57.9 Å². The Morgan fingerprint density at radius 1 is 1.50 bits per heavy atom. The molecule has 1 saturated heterocycles.